The number of carbonyl (C=O) groups is 1. The molecule has 17 heavy (non-hydrogen) atoms. The molecule has 0 bridgehead atoms. The number of carbonyl (C=O) groups excluding carboxylic acids is 1. The maximum Gasteiger partial charge on any atom is 0.272 e. The van der Waals surface area contributed by atoms with Gasteiger partial charge in [-0.05, 0) is 25.0 Å². The van der Waals surface area contributed by atoms with Crippen LogP contribution in [0.5, 0.6) is 0 Å². The number of nitrogen functional groups attached to an aromatic ring is 1. The first kappa shape index (κ1) is 13.5. The molecule has 0 aliphatic carbocycles. The molecule has 1 amide bonds. The highest BCUT2D eigenvalue weighted by Crippen LogP contribution is 2.09. The summed E-state index contributed by atoms with van der Waals surface area (Å²) in [6.45, 7) is 7.74. The topological polar surface area (TPSA) is 59.2 Å². The molecule has 4 nitrogen and oxygen atoms in total. The van der Waals surface area contributed by atoms with Crippen molar-refractivity contribution in [3.05, 3.63) is 24.0 Å². The summed E-state index contributed by atoms with van der Waals surface area (Å²) in [7, 11) is 0. The number of aromatic nitrogens is 1. The van der Waals surface area contributed by atoms with Gasteiger partial charge >= 0.3 is 0 Å². The lowest BCUT2D eigenvalue weighted by atomic mass is 10.1. The van der Waals surface area contributed by atoms with Crippen molar-refractivity contribution in [3.8, 4) is 0 Å². The molecule has 4 heteroatoms. The second kappa shape index (κ2) is 6.23. The Labute approximate surface area is 103 Å². The number of rotatable bonds is 5. The zero-order valence-electron chi connectivity index (χ0n) is 10.8. The first-order valence-corrected chi connectivity index (χ1v) is 6.09. The van der Waals surface area contributed by atoms with E-state index in [1.165, 1.54) is 6.20 Å². The fraction of sp³-hybridized carbons (Fsp3) is 0.538. The van der Waals surface area contributed by atoms with E-state index >= 15 is 0 Å². The molecule has 1 heterocycles. The summed E-state index contributed by atoms with van der Waals surface area (Å²) >= 11 is 0. The van der Waals surface area contributed by atoms with Gasteiger partial charge in [0.05, 0.1) is 11.9 Å². The van der Waals surface area contributed by atoms with Crippen LogP contribution in [0.15, 0.2) is 18.3 Å². The summed E-state index contributed by atoms with van der Waals surface area (Å²) in [4.78, 5) is 18.1. The van der Waals surface area contributed by atoms with Crippen molar-refractivity contribution in [1.82, 2.24) is 9.88 Å². The van der Waals surface area contributed by atoms with Gasteiger partial charge in [-0.2, -0.15) is 0 Å². The molecule has 0 fully saturated rings. The zero-order valence-corrected chi connectivity index (χ0v) is 10.8. The van der Waals surface area contributed by atoms with Crippen LogP contribution in [0.3, 0.4) is 0 Å². The smallest absolute Gasteiger partial charge is 0.272 e. The summed E-state index contributed by atoms with van der Waals surface area (Å²) in [6, 6.07) is 3.38. The van der Waals surface area contributed by atoms with E-state index in [1.807, 2.05) is 11.8 Å². The third-order valence-corrected chi connectivity index (χ3v) is 2.90. The number of amides is 1. The lowest BCUT2D eigenvalue weighted by Crippen LogP contribution is -2.35. The van der Waals surface area contributed by atoms with Gasteiger partial charge in [0.15, 0.2) is 0 Å². The van der Waals surface area contributed by atoms with Crippen LogP contribution in [0.4, 0.5) is 5.69 Å². The second-order valence-electron chi connectivity index (χ2n) is 4.33. The minimum absolute atomic E-state index is 0.0206. The Morgan fingerprint density at radius 2 is 2.18 bits per heavy atom. The molecule has 1 aromatic heterocycles. The molecule has 0 spiro atoms. The molecule has 1 aromatic rings. The van der Waals surface area contributed by atoms with Gasteiger partial charge in [-0.25, -0.2) is 4.98 Å². The Morgan fingerprint density at radius 3 is 2.65 bits per heavy atom. The fourth-order valence-electron chi connectivity index (χ4n) is 1.55. The number of pyridine rings is 1. The average molecular weight is 235 g/mol. The normalized spacial score (nSPS) is 12.2. The number of anilines is 1. The van der Waals surface area contributed by atoms with Gasteiger partial charge in [-0.1, -0.05) is 20.3 Å². The average Bonchev–Trinajstić information content (AvgIpc) is 2.35. The van der Waals surface area contributed by atoms with Crippen molar-refractivity contribution < 1.29 is 4.79 Å². The van der Waals surface area contributed by atoms with Crippen molar-refractivity contribution in [2.24, 2.45) is 5.92 Å². The van der Waals surface area contributed by atoms with Gasteiger partial charge in [0.25, 0.3) is 5.91 Å². The van der Waals surface area contributed by atoms with E-state index in [0.717, 1.165) is 13.0 Å². The molecule has 1 unspecified atom stereocenters. The van der Waals surface area contributed by atoms with E-state index in [4.69, 9.17) is 5.73 Å². The molecule has 1 rings (SSSR count). The van der Waals surface area contributed by atoms with E-state index in [9.17, 15) is 4.79 Å². The SMILES string of the molecule is CCC(C)CN(CC)C(=O)c1ccc(N)cn1. The molecule has 0 aliphatic rings. The number of nitrogens with zero attached hydrogens (tertiary/aromatic N) is 2. The molecular weight excluding hydrogens is 214 g/mol. The number of nitrogens with two attached hydrogens (primary N) is 1. The summed E-state index contributed by atoms with van der Waals surface area (Å²) in [5.74, 6) is 0.487. The van der Waals surface area contributed by atoms with Crippen LogP contribution in [0.2, 0.25) is 0 Å². The molecule has 94 valence electrons. The summed E-state index contributed by atoms with van der Waals surface area (Å²) < 4.78 is 0. The van der Waals surface area contributed by atoms with Gasteiger partial charge in [0.2, 0.25) is 0 Å². The zero-order chi connectivity index (χ0) is 12.8. The maximum absolute atomic E-state index is 12.2. The van der Waals surface area contributed by atoms with Crippen molar-refractivity contribution in [3.63, 3.8) is 0 Å². The molecule has 0 aromatic carbocycles. The van der Waals surface area contributed by atoms with E-state index in [-0.39, 0.29) is 5.91 Å². The lowest BCUT2D eigenvalue weighted by molar-refractivity contribution is 0.0735. The Morgan fingerprint density at radius 1 is 1.47 bits per heavy atom. The third-order valence-electron chi connectivity index (χ3n) is 2.90. The first-order valence-electron chi connectivity index (χ1n) is 6.09. The quantitative estimate of drug-likeness (QED) is 0.851. The molecule has 1 atom stereocenters. The Balaban J connectivity index is 2.75. The van der Waals surface area contributed by atoms with E-state index in [0.29, 0.717) is 23.8 Å². The molecule has 0 saturated carbocycles. The van der Waals surface area contributed by atoms with Crippen molar-refractivity contribution in [1.29, 1.82) is 0 Å². The van der Waals surface area contributed by atoms with Crippen molar-refractivity contribution in [2.75, 3.05) is 18.8 Å². The highest BCUT2D eigenvalue weighted by atomic mass is 16.2. The Bertz CT molecular complexity index is 361. The molecular formula is C13H21N3O. The molecule has 0 radical (unpaired) electrons. The van der Waals surface area contributed by atoms with E-state index in [2.05, 4.69) is 18.8 Å². The molecule has 2 N–H and O–H groups in total. The minimum Gasteiger partial charge on any atom is -0.397 e. The van der Waals surface area contributed by atoms with Crippen LogP contribution in [0.25, 0.3) is 0 Å². The maximum atomic E-state index is 12.2. The van der Waals surface area contributed by atoms with Crippen LogP contribution in [-0.4, -0.2) is 28.9 Å². The lowest BCUT2D eigenvalue weighted by Gasteiger charge is -2.23. The van der Waals surface area contributed by atoms with E-state index < -0.39 is 0 Å². The molecule has 0 aliphatic heterocycles. The fourth-order valence-corrected chi connectivity index (χ4v) is 1.55. The largest absolute Gasteiger partial charge is 0.397 e. The van der Waals surface area contributed by atoms with Crippen molar-refractivity contribution >= 4 is 11.6 Å². The Hall–Kier alpha value is -1.58. The van der Waals surface area contributed by atoms with Gasteiger partial charge < -0.3 is 10.6 Å². The predicted molar refractivity (Wildman–Crippen MR) is 69.7 cm³/mol. The first-order chi connectivity index (χ1) is 8.08. The number of hydrogen-bond donors (Lipinski definition) is 1. The van der Waals surface area contributed by atoms with Crippen LogP contribution in [0, 0.1) is 5.92 Å². The standard InChI is InChI=1S/C13H21N3O/c1-4-10(3)9-16(5-2)13(17)12-7-6-11(14)8-15-12/h6-8,10H,4-5,9,14H2,1-3H3. The third kappa shape index (κ3) is 3.73. The monoisotopic (exact) mass is 235 g/mol. The van der Waals surface area contributed by atoms with Crippen LogP contribution in [-0.2, 0) is 0 Å². The van der Waals surface area contributed by atoms with Gasteiger partial charge in [0, 0.05) is 13.1 Å². The van der Waals surface area contributed by atoms with Crippen LogP contribution < -0.4 is 5.73 Å². The summed E-state index contributed by atoms with van der Waals surface area (Å²) in [6.07, 6.45) is 2.59. The summed E-state index contributed by atoms with van der Waals surface area (Å²) in [5.41, 5.74) is 6.59. The van der Waals surface area contributed by atoms with E-state index in [1.54, 1.807) is 12.1 Å². The molecule has 0 saturated heterocycles. The summed E-state index contributed by atoms with van der Waals surface area (Å²) in [5, 5.41) is 0. The number of hydrogen-bond acceptors (Lipinski definition) is 3. The highest BCUT2D eigenvalue weighted by molar-refractivity contribution is 5.92. The van der Waals surface area contributed by atoms with Crippen LogP contribution >= 0.6 is 0 Å². The Kier molecular flexibility index (Phi) is 4.94. The van der Waals surface area contributed by atoms with Gasteiger partial charge in [-0.3, -0.25) is 4.79 Å². The minimum atomic E-state index is -0.0206. The van der Waals surface area contributed by atoms with Crippen LogP contribution in [0.1, 0.15) is 37.7 Å². The van der Waals surface area contributed by atoms with Gasteiger partial charge in [-0.15, -0.1) is 0 Å². The predicted octanol–water partition coefficient (Wildman–Crippen LogP) is 2.17. The van der Waals surface area contributed by atoms with Crippen molar-refractivity contribution in [2.45, 2.75) is 27.2 Å². The highest BCUT2D eigenvalue weighted by Gasteiger charge is 2.16. The van der Waals surface area contributed by atoms with Gasteiger partial charge in [0.1, 0.15) is 5.69 Å². The second-order valence-corrected chi connectivity index (χ2v) is 4.33.